The van der Waals surface area contributed by atoms with E-state index in [1.54, 1.807) is 54.9 Å². The molecule has 2 aromatic heterocycles. The summed E-state index contributed by atoms with van der Waals surface area (Å²) in [5, 5.41) is 3.99. The van der Waals surface area contributed by atoms with Gasteiger partial charge in [-0.1, -0.05) is 39.0 Å². The summed E-state index contributed by atoms with van der Waals surface area (Å²) in [5.41, 5.74) is 1.75. The standard InChI is InChI=1S/C27H28N4O7S2/c1-27(2,3)18-6-8-20(9-7-18)40(32,33)31-25-23(17-5-10-21-22(13-17)37-16-36-21)24(30-38-25)34-11-12-35-26-28-14-19(39-4)15-29-26/h5-10,13-15,31H,11-12,16H2,1-4H3. The first-order valence-electron chi connectivity index (χ1n) is 12.3. The molecule has 0 radical (unpaired) electrons. The Balaban J connectivity index is 1.38. The molecule has 0 amide bonds. The SMILES string of the molecule is CSc1cnc(OCCOc2noc(NS(=O)(=O)c3ccc(C(C)(C)C)cc3)c2-c2ccc3c(c2)OCO3)nc1. The van der Waals surface area contributed by atoms with Gasteiger partial charge >= 0.3 is 6.01 Å². The molecule has 2 aromatic carbocycles. The van der Waals surface area contributed by atoms with Crippen molar-refractivity contribution in [3.63, 3.8) is 0 Å². The monoisotopic (exact) mass is 584 g/mol. The van der Waals surface area contributed by atoms with Crippen molar-refractivity contribution in [3.8, 4) is 34.5 Å². The lowest BCUT2D eigenvalue weighted by Gasteiger charge is -2.19. The number of fused-ring (bicyclic) bond motifs is 1. The molecule has 0 atom stereocenters. The lowest BCUT2D eigenvalue weighted by atomic mass is 9.87. The predicted octanol–water partition coefficient (Wildman–Crippen LogP) is 5.14. The Labute approximate surface area is 236 Å². The molecule has 5 rings (SSSR count). The van der Waals surface area contributed by atoms with Gasteiger partial charge in [-0.25, -0.2) is 23.1 Å². The van der Waals surface area contributed by atoms with Crippen LogP contribution < -0.4 is 23.7 Å². The fourth-order valence-electron chi connectivity index (χ4n) is 3.82. The number of nitrogens with one attached hydrogen (secondary N) is 1. The second kappa shape index (κ2) is 11.3. The van der Waals surface area contributed by atoms with Crippen LogP contribution in [0.15, 0.2) is 69.2 Å². The van der Waals surface area contributed by atoms with E-state index in [-0.39, 0.29) is 48.1 Å². The van der Waals surface area contributed by atoms with E-state index in [1.165, 1.54) is 11.8 Å². The number of anilines is 1. The maximum absolute atomic E-state index is 13.3. The van der Waals surface area contributed by atoms with Crippen LogP contribution in [-0.4, -0.2) is 49.8 Å². The maximum atomic E-state index is 13.3. The lowest BCUT2D eigenvalue weighted by molar-refractivity contribution is 0.174. The smallest absolute Gasteiger partial charge is 0.316 e. The number of hydrogen-bond acceptors (Lipinski definition) is 11. The third kappa shape index (κ3) is 6.10. The molecule has 0 fully saturated rings. The molecule has 0 spiro atoms. The molecular formula is C27H28N4O7S2. The normalized spacial score (nSPS) is 12.8. The summed E-state index contributed by atoms with van der Waals surface area (Å²) in [7, 11) is -4.01. The quantitative estimate of drug-likeness (QED) is 0.196. The summed E-state index contributed by atoms with van der Waals surface area (Å²) in [6.45, 7) is 6.45. The third-order valence-electron chi connectivity index (χ3n) is 5.97. The molecular weight excluding hydrogens is 556 g/mol. The summed E-state index contributed by atoms with van der Waals surface area (Å²) in [4.78, 5) is 9.27. The fraction of sp³-hybridized carbons (Fsp3) is 0.296. The van der Waals surface area contributed by atoms with E-state index in [9.17, 15) is 8.42 Å². The highest BCUT2D eigenvalue weighted by molar-refractivity contribution is 7.98. The molecule has 0 bridgehead atoms. The highest BCUT2D eigenvalue weighted by Crippen LogP contribution is 2.42. The minimum atomic E-state index is -4.01. The molecule has 1 aliphatic heterocycles. The number of nitrogens with zero attached hydrogens (tertiary/aromatic N) is 3. The summed E-state index contributed by atoms with van der Waals surface area (Å²) in [6.07, 6.45) is 5.26. The van der Waals surface area contributed by atoms with Crippen LogP contribution in [0.4, 0.5) is 5.88 Å². The van der Waals surface area contributed by atoms with Gasteiger partial charge in [0.05, 0.1) is 4.90 Å². The molecule has 0 unspecified atom stereocenters. The Kier molecular flexibility index (Phi) is 7.76. The molecule has 4 aromatic rings. The number of thioether (sulfide) groups is 1. The molecule has 0 aliphatic carbocycles. The van der Waals surface area contributed by atoms with E-state index in [0.29, 0.717) is 22.6 Å². The summed E-state index contributed by atoms with van der Waals surface area (Å²) in [6, 6.07) is 12.1. The van der Waals surface area contributed by atoms with Crippen molar-refractivity contribution in [1.82, 2.24) is 15.1 Å². The van der Waals surface area contributed by atoms with Gasteiger partial charge in [-0.2, -0.15) is 0 Å². The van der Waals surface area contributed by atoms with Crippen LogP contribution in [0.3, 0.4) is 0 Å². The van der Waals surface area contributed by atoms with Crippen LogP contribution in [0.2, 0.25) is 0 Å². The minimum Gasteiger partial charge on any atom is -0.471 e. The Bertz CT molecular complexity index is 1580. The largest absolute Gasteiger partial charge is 0.471 e. The maximum Gasteiger partial charge on any atom is 0.316 e. The molecule has 13 heteroatoms. The molecule has 40 heavy (non-hydrogen) atoms. The fourth-order valence-corrected chi connectivity index (χ4v) is 5.13. The second-order valence-corrected chi connectivity index (χ2v) is 12.3. The van der Waals surface area contributed by atoms with Gasteiger partial charge in [0.1, 0.15) is 18.8 Å². The van der Waals surface area contributed by atoms with Crippen molar-refractivity contribution < 1.29 is 31.9 Å². The first kappa shape index (κ1) is 27.6. The van der Waals surface area contributed by atoms with E-state index < -0.39 is 10.0 Å². The molecule has 210 valence electrons. The van der Waals surface area contributed by atoms with Crippen molar-refractivity contribution in [2.75, 3.05) is 31.0 Å². The zero-order valence-corrected chi connectivity index (χ0v) is 24.0. The van der Waals surface area contributed by atoms with Crippen molar-refractivity contribution in [2.45, 2.75) is 36.0 Å². The highest BCUT2D eigenvalue weighted by atomic mass is 32.2. The average molecular weight is 585 g/mol. The average Bonchev–Trinajstić information content (AvgIpc) is 3.57. The van der Waals surface area contributed by atoms with Crippen molar-refractivity contribution in [3.05, 3.63) is 60.4 Å². The first-order valence-corrected chi connectivity index (χ1v) is 15.0. The number of benzene rings is 2. The molecule has 1 N–H and O–H groups in total. The Morgan fingerprint density at radius 1 is 0.975 bits per heavy atom. The van der Waals surface area contributed by atoms with E-state index in [1.807, 2.05) is 6.26 Å². The molecule has 1 aliphatic rings. The Hall–Kier alpha value is -3.97. The van der Waals surface area contributed by atoms with Crippen LogP contribution >= 0.6 is 11.8 Å². The predicted molar refractivity (Wildman–Crippen MR) is 149 cm³/mol. The summed E-state index contributed by atoms with van der Waals surface area (Å²) in [5.74, 6) is 1.04. The second-order valence-electron chi connectivity index (χ2n) is 9.74. The van der Waals surface area contributed by atoms with Gasteiger partial charge in [0.15, 0.2) is 11.5 Å². The van der Waals surface area contributed by atoms with Gasteiger partial charge in [0.2, 0.25) is 12.7 Å². The molecule has 11 nitrogen and oxygen atoms in total. The Morgan fingerprint density at radius 3 is 2.38 bits per heavy atom. The lowest BCUT2D eigenvalue weighted by Crippen LogP contribution is -2.15. The number of sulfonamides is 1. The van der Waals surface area contributed by atoms with Gasteiger partial charge in [-0.05, 0) is 52.2 Å². The summed E-state index contributed by atoms with van der Waals surface area (Å²) < 4.78 is 56.8. The summed E-state index contributed by atoms with van der Waals surface area (Å²) >= 11 is 1.53. The van der Waals surface area contributed by atoms with E-state index in [2.05, 4.69) is 40.6 Å². The number of ether oxygens (including phenoxy) is 4. The van der Waals surface area contributed by atoms with Crippen LogP contribution in [0.5, 0.6) is 23.4 Å². The number of hydrogen-bond donors (Lipinski definition) is 1. The minimum absolute atomic E-state index is 0.0676. The molecule has 0 saturated heterocycles. The van der Waals surface area contributed by atoms with Gasteiger partial charge in [0, 0.05) is 17.3 Å². The van der Waals surface area contributed by atoms with E-state index in [4.69, 9.17) is 23.5 Å². The molecule has 3 heterocycles. The van der Waals surface area contributed by atoms with Crippen LogP contribution in [0.25, 0.3) is 11.1 Å². The molecule has 0 saturated carbocycles. The van der Waals surface area contributed by atoms with Gasteiger partial charge in [-0.3, -0.25) is 0 Å². The first-order chi connectivity index (χ1) is 19.1. The number of aromatic nitrogens is 3. The van der Waals surface area contributed by atoms with Gasteiger partial charge < -0.3 is 23.5 Å². The van der Waals surface area contributed by atoms with Gasteiger partial charge in [-0.15, -0.1) is 11.8 Å². The van der Waals surface area contributed by atoms with E-state index >= 15 is 0 Å². The topological polar surface area (TPSA) is 135 Å². The zero-order chi connectivity index (χ0) is 28.3. The van der Waals surface area contributed by atoms with E-state index in [0.717, 1.165) is 10.5 Å². The van der Waals surface area contributed by atoms with Crippen molar-refractivity contribution in [1.29, 1.82) is 0 Å². The van der Waals surface area contributed by atoms with Crippen LogP contribution in [-0.2, 0) is 15.4 Å². The number of rotatable bonds is 10. The zero-order valence-electron chi connectivity index (χ0n) is 22.3. The van der Waals surface area contributed by atoms with Crippen molar-refractivity contribution in [2.24, 2.45) is 0 Å². The van der Waals surface area contributed by atoms with Crippen LogP contribution in [0.1, 0.15) is 26.3 Å². The third-order valence-corrected chi connectivity index (χ3v) is 8.00. The van der Waals surface area contributed by atoms with Crippen LogP contribution in [0, 0.1) is 0 Å². The van der Waals surface area contributed by atoms with Crippen molar-refractivity contribution >= 4 is 27.7 Å². The highest BCUT2D eigenvalue weighted by Gasteiger charge is 2.27. The Morgan fingerprint density at radius 2 is 1.68 bits per heavy atom. The van der Waals surface area contributed by atoms with Gasteiger partial charge in [0.25, 0.3) is 15.9 Å².